The largest absolute Gasteiger partial charge is 0.497 e. The molecule has 2 atom stereocenters. The Morgan fingerprint density at radius 3 is 2.57 bits per heavy atom. The number of nitrogens with zero attached hydrogens (tertiary/aromatic N) is 2. The van der Waals surface area contributed by atoms with Crippen LogP contribution in [-0.2, 0) is 25.7 Å². The summed E-state index contributed by atoms with van der Waals surface area (Å²) in [6.45, 7) is 0. The number of aromatic nitrogens is 3. The molecule has 162 valence electrons. The Morgan fingerprint density at radius 1 is 1.17 bits per heavy atom. The predicted molar refractivity (Wildman–Crippen MR) is 109 cm³/mol. The number of ether oxygens (including phenoxy) is 2. The summed E-state index contributed by atoms with van der Waals surface area (Å²) in [5.41, 5.74) is 1.83. The fourth-order valence-electron chi connectivity index (χ4n) is 2.58. The molecule has 2 heterocycles. The van der Waals surface area contributed by atoms with Crippen LogP contribution >= 0.6 is 15.0 Å². The van der Waals surface area contributed by atoms with Crippen molar-refractivity contribution in [2.24, 2.45) is 0 Å². The van der Waals surface area contributed by atoms with Gasteiger partial charge in [-0.1, -0.05) is 0 Å². The summed E-state index contributed by atoms with van der Waals surface area (Å²) in [7, 11) is -9.01. The Labute approximate surface area is 173 Å². The van der Waals surface area contributed by atoms with Crippen LogP contribution in [0.2, 0.25) is 0 Å². The van der Waals surface area contributed by atoms with Crippen LogP contribution in [0.25, 0.3) is 11.0 Å². The van der Waals surface area contributed by atoms with Gasteiger partial charge in [0.1, 0.15) is 17.4 Å². The molecule has 1 aromatic carbocycles. The summed E-state index contributed by atoms with van der Waals surface area (Å²) in [4.78, 5) is 38.7. The van der Waals surface area contributed by atoms with E-state index in [1.54, 1.807) is 24.5 Å². The van der Waals surface area contributed by atoms with E-state index in [9.17, 15) is 18.2 Å². The fourth-order valence-corrected chi connectivity index (χ4v) is 6.59. The molecule has 3 rings (SSSR count). The highest BCUT2D eigenvalue weighted by Crippen LogP contribution is 2.54. The third kappa shape index (κ3) is 6.21. The molecule has 0 radical (unpaired) electrons. The molecule has 0 aliphatic carbocycles. The maximum atomic E-state index is 12.7. The number of rotatable bonds is 9. The van der Waals surface area contributed by atoms with Crippen LogP contribution < -0.4 is 9.47 Å². The van der Waals surface area contributed by atoms with Crippen molar-refractivity contribution >= 4 is 36.8 Å². The van der Waals surface area contributed by atoms with Crippen molar-refractivity contribution in [2.45, 2.75) is 10.9 Å². The van der Waals surface area contributed by atoms with Gasteiger partial charge in [-0.15, -0.1) is 0 Å². The molecule has 4 N–H and O–H groups in total. The van der Waals surface area contributed by atoms with Crippen LogP contribution in [0.15, 0.2) is 41.8 Å². The quantitative estimate of drug-likeness (QED) is 0.336. The number of methoxy groups -OCH3 is 1. The highest BCUT2D eigenvalue weighted by Gasteiger charge is 2.30. The van der Waals surface area contributed by atoms with Crippen LogP contribution in [0.3, 0.4) is 0 Å². The zero-order chi connectivity index (χ0) is 21.9. The lowest BCUT2D eigenvalue weighted by molar-refractivity contribution is 0.342. The van der Waals surface area contributed by atoms with Gasteiger partial charge in [-0.2, -0.15) is 0 Å². The number of imidazole rings is 1. The van der Waals surface area contributed by atoms with E-state index in [4.69, 9.17) is 19.3 Å². The zero-order valence-corrected chi connectivity index (χ0v) is 18.3. The minimum atomic E-state index is -4.67. The summed E-state index contributed by atoms with van der Waals surface area (Å²) in [6, 6.07) is 6.26. The van der Waals surface area contributed by atoms with E-state index < -0.39 is 38.0 Å². The van der Waals surface area contributed by atoms with Crippen LogP contribution in [0.5, 0.6) is 11.5 Å². The lowest BCUT2D eigenvalue weighted by Gasteiger charge is -2.15. The number of fused-ring (bicyclic) bond motifs is 1. The molecule has 30 heavy (non-hydrogen) atoms. The Balaban J connectivity index is 1.76. The van der Waals surface area contributed by atoms with Crippen molar-refractivity contribution < 1.29 is 37.5 Å². The molecule has 2 aromatic heterocycles. The second-order valence-corrected chi connectivity index (χ2v) is 12.1. The molecule has 0 amide bonds. The predicted octanol–water partition coefficient (Wildman–Crippen LogP) is 2.02. The van der Waals surface area contributed by atoms with E-state index in [1.165, 1.54) is 19.2 Å². The Kier molecular flexibility index (Phi) is 6.76. The fraction of sp³-hybridized carbons (Fsp3) is 0.250. The van der Waals surface area contributed by atoms with Gasteiger partial charge in [-0.05, 0) is 23.8 Å². The number of aromatic amines is 1. The average molecular weight is 475 g/mol. The van der Waals surface area contributed by atoms with Crippen LogP contribution in [0, 0.1) is 0 Å². The van der Waals surface area contributed by atoms with Gasteiger partial charge < -0.3 is 29.1 Å². The first kappa shape index (κ1) is 22.6. The Hall–Kier alpha value is -2.07. The van der Waals surface area contributed by atoms with Crippen LogP contribution in [-0.4, -0.2) is 53.2 Å². The second kappa shape index (κ2) is 8.97. The maximum absolute atomic E-state index is 12.7. The molecular formula is C16H19N3O8P2S. The lowest BCUT2D eigenvalue weighted by Crippen LogP contribution is -2.04. The van der Waals surface area contributed by atoms with Crippen LogP contribution in [0.4, 0.5) is 0 Å². The van der Waals surface area contributed by atoms with Gasteiger partial charge in [0.15, 0.2) is 11.5 Å². The van der Waals surface area contributed by atoms with Gasteiger partial charge in [-0.3, -0.25) is 18.3 Å². The topological polar surface area (TPSA) is 172 Å². The number of H-pyrrole nitrogens is 1. The van der Waals surface area contributed by atoms with E-state index in [0.29, 0.717) is 22.3 Å². The standard InChI is InChI=1S/C16H19N3O8P2S/c1-26-12-4-11(5-13(6-12)27-9-28(20,21)10-29(22,23)24)8-30(25)16-18-14-2-3-17-7-15(14)19-16/h2-7H,8-10H2,1H3,(H,18,19)(H,20,21)(H2,22,23,24). The SMILES string of the molecule is COc1cc(CS(=O)c2nc3ccncc3[nH]2)cc(OCP(=O)(O)CP(=O)(O)O)c1. The number of hydrogen-bond donors (Lipinski definition) is 4. The second-order valence-electron chi connectivity index (χ2n) is 6.37. The van der Waals surface area contributed by atoms with Crippen molar-refractivity contribution in [2.75, 3.05) is 19.4 Å². The third-order valence-corrected chi connectivity index (χ3v) is 8.78. The van der Waals surface area contributed by atoms with Gasteiger partial charge in [0.2, 0.25) is 7.37 Å². The van der Waals surface area contributed by atoms with Gasteiger partial charge in [-0.25, -0.2) is 4.98 Å². The lowest BCUT2D eigenvalue weighted by atomic mass is 10.2. The molecule has 0 aliphatic rings. The summed E-state index contributed by atoms with van der Waals surface area (Å²) < 4.78 is 46.1. The van der Waals surface area contributed by atoms with Gasteiger partial charge in [0.05, 0.1) is 40.9 Å². The smallest absolute Gasteiger partial charge is 0.335 e. The molecule has 0 saturated carbocycles. The zero-order valence-electron chi connectivity index (χ0n) is 15.7. The summed E-state index contributed by atoms with van der Waals surface area (Å²) in [5.74, 6) is -0.631. The molecule has 0 saturated heterocycles. The van der Waals surface area contributed by atoms with E-state index in [0.717, 1.165) is 0 Å². The average Bonchev–Trinajstić information content (AvgIpc) is 3.09. The number of benzene rings is 1. The molecule has 0 fully saturated rings. The minimum absolute atomic E-state index is 0.0556. The number of nitrogens with one attached hydrogen (secondary N) is 1. The molecule has 2 unspecified atom stereocenters. The first-order valence-electron chi connectivity index (χ1n) is 8.39. The van der Waals surface area contributed by atoms with Gasteiger partial charge >= 0.3 is 7.60 Å². The summed E-state index contributed by atoms with van der Waals surface area (Å²) >= 11 is 0. The molecule has 3 aromatic rings. The van der Waals surface area contributed by atoms with Crippen molar-refractivity contribution in [1.82, 2.24) is 15.0 Å². The summed E-state index contributed by atoms with van der Waals surface area (Å²) in [6.07, 6.45) is 2.36. The maximum Gasteiger partial charge on any atom is 0.335 e. The minimum Gasteiger partial charge on any atom is -0.497 e. The van der Waals surface area contributed by atoms with Gasteiger partial charge in [0.25, 0.3) is 0 Å². The molecule has 11 nitrogen and oxygen atoms in total. The number of hydrogen-bond acceptors (Lipinski definition) is 7. The molecular weight excluding hydrogens is 456 g/mol. The molecule has 0 bridgehead atoms. The van der Waals surface area contributed by atoms with Crippen molar-refractivity contribution in [3.8, 4) is 11.5 Å². The van der Waals surface area contributed by atoms with Crippen molar-refractivity contribution in [1.29, 1.82) is 0 Å². The normalized spacial score (nSPS) is 14.9. The van der Waals surface area contributed by atoms with E-state index in [2.05, 4.69) is 15.0 Å². The Bertz CT molecular complexity index is 1150. The molecule has 0 spiro atoms. The summed E-state index contributed by atoms with van der Waals surface area (Å²) in [5, 5.41) is 0.268. The highest BCUT2D eigenvalue weighted by molar-refractivity contribution is 7.84. The van der Waals surface area contributed by atoms with E-state index in [1.807, 2.05) is 0 Å². The molecule has 0 aliphatic heterocycles. The van der Waals surface area contributed by atoms with E-state index >= 15 is 0 Å². The number of pyridine rings is 1. The molecule has 14 heteroatoms. The van der Waals surface area contributed by atoms with E-state index in [-0.39, 0.29) is 16.7 Å². The van der Waals surface area contributed by atoms with Crippen molar-refractivity contribution in [3.05, 3.63) is 42.2 Å². The van der Waals surface area contributed by atoms with Crippen molar-refractivity contribution in [3.63, 3.8) is 0 Å². The van der Waals surface area contributed by atoms with Gasteiger partial charge in [0, 0.05) is 12.3 Å². The van der Waals surface area contributed by atoms with Crippen LogP contribution in [0.1, 0.15) is 5.56 Å². The third-order valence-electron chi connectivity index (χ3n) is 3.79. The monoisotopic (exact) mass is 475 g/mol. The highest BCUT2D eigenvalue weighted by atomic mass is 32.2. The first-order chi connectivity index (χ1) is 14.0. The first-order valence-corrected chi connectivity index (χ1v) is 13.5. The Morgan fingerprint density at radius 2 is 1.90 bits per heavy atom.